The monoisotopic (exact) mass is 272 g/mol. The van der Waals surface area contributed by atoms with Gasteiger partial charge in [-0.05, 0) is 12.0 Å². The molecular formula is C14H18F2O3. The average Bonchev–Trinajstić information content (AvgIpc) is 2.38. The van der Waals surface area contributed by atoms with Crippen LogP contribution in [0.1, 0.15) is 18.9 Å². The third-order valence-corrected chi connectivity index (χ3v) is 3.61. The molecule has 1 aliphatic carbocycles. The second kappa shape index (κ2) is 5.53. The van der Waals surface area contributed by atoms with Gasteiger partial charge in [-0.3, -0.25) is 0 Å². The first-order chi connectivity index (χ1) is 8.93. The molecule has 0 unspecified atom stereocenters. The van der Waals surface area contributed by atoms with Crippen molar-refractivity contribution in [3.8, 4) is 0 Å². The minimum atomic E-state index is -3.15. The van der Waals surface area contributed by atoms with Crippen LogP contribution in [0.15, 0.2) is 30.3 Å². The summed E-state index contributed by atoms with van der Waals surface area (Å²) in [5.41, 5.74) is 0.748. The number of hydrogen-bond donors (Lipinski definition) is 2. The van der Waals surface area contributed by atoms with Crippen LogP contribution in [0.3, 0.4) is 0 Å². The maximum absolute atomic E-state index is 14.0. The van der Waals surface area contributed by atoms with Gasteiger partial charge < -0.3 is 14.9 Å². The van der Waals surface area contributed by atoms with E-state index in [1.807, 2.05) is 6.07 Å². The van der Waals surface area contributed by atoms with E-state index in [-0.39, 0.29) is 13.0 Å². The Hall–Kier alpha value is -1.04. The second-order valence-electron chi connectivity index (χ2n) is 5.09. The number of ether oxygens (including phenoxy) is 1. The molecule has 1 aromatic rings. The van der Waals surface area contributed by atoms with Crippen molar-refractivity contribution in [2.45, 2.75) is 44.2 Å². The number of aliphatic hydroxyl groups excluding tert-OH is 2. The van der Waals surface area contributed by atoms with Gasteiger partial charge >= 0.3 is 0 Å². The molecule has 4 atom stereocenters. The van der Waals surface area contributed by atoms with Crippen molar-refractivity contribution in [3.05, 3.63) is 35.9 Å². The molecule has 2 N–H and O–H groups in total. The summed E-state index contributed by atoms with van der Waals surface area (Å²) in [5, 5.41) is 19.3. The quantitative estimate of drug-likeness (QED) is 0.884. The second-order valence-corrected chi connectivity index (χ2v) is 5.09. The number of aliphatic hydroxyl groups is 2. The van der Waals surface area contributed by atoms with Crippen LogP contribution in [0.25, 0.3) is 0 Å². The number of alkyl halides is 2. The van der Waals surface area contributed by atoms with Gasteiger partial charge in [0.15, 0.2) is 0 Å². The number of hydrogen-bond acceptors (Lipinski definition) is 3. The summed E-state index contributed by atoms with van der Waals surface area (Å²) in [4.78, 5) is 0. The Labute approximate surface area is 110 Å². The smallest absolute Gasteiger partial charge is 0.278 e. The molecular weight excluding hydrogens is 254 g/mol. The molecule has 0 aliphatic heterocycles. The SMILES string of the molecule is C[C@H]1C[C@@H](O)[C@@H](O)[C@H](OCc2ccccc2)C1(F)F. The van der Waals surface area contributed by atoms with E-state index in [4.69, 9.17) is 4.74 Å². The molecule has 1 aliphatic rings. The van der Waals surface area contributed by atoms with Crippen molar-refractivity contribution in [3.63, 3.8) is 0 Å². The van der Waals surface area contributed by atoms with Gasteiger partial charge in [-0.15, -0.1) is 0 Å². The Morgan fingerprint density at radius 1 is 1.26 bits per heavy atom. The predicted octanol–water partition coefficient (Wildman–Crippen LogP) is 1.97. The van der Waals surface area contributed by atoms with Gasteiger partial charge in [0, 0.05) is 5.92 Å². The zero-order valence-electron chi connectivity index (χ0n) is 10.7. The van der Waals surface area contributed by atoms with Crippen LogP contribution in [0.4, 0.5) is 8.78 Å². The molecule has 1 saturated carbocycles. The lowest BCUT2D eigenvalue weighted by Gasteiger charge is -2.41. The van der Waals surface area contributed by atoms with Gasteiger partial charge in [-0.2, -0.15) is 0 Å². The van der Waals surface area contributed by atoms with E-state index in [0.717, 1.165) is 5.56 Å². The maximum atomic E-state index is 14.0. The summed E-state index contributed by atoms with van der Waals surface area (Å²) in [6.07, 6.45) is -4.53. The predicted molar refractivity (Wildman–Crippen MR) is 65.8 cm³/mol. The maximum Gasteiger partial charge on any atom is 0.278 e. The van der Waals surface area contributed by atoms with E-state index < -0.39 is 30.2 Å². The number of halogens is 2. The Kier molecular flexibility index (Phi) is 4.18. The van der Waals surface area contributed by atoms with E-state index in [9.17, 15) is 19.0 Å². The molecule has 2 rings (SSSR count). The first-order valence-electron chi connectivity index (χ1n) is 6.32. The first kappa shape index (κ1) is 14.4. The third-order valence-electron chi connectivity index (χ3n) is 3.61. The fourth-order valence-electron chi connectivity index (χ4n) is 2.34. The van der Waals surface area contributed by atoms with Crippen molar-refractivity contribution in [1.82, 2.24) is 0 Å². The average molecular weight is 272 g/mol. The van der Waals surface area contributed by atoms with Gasteiger partial charge in [-0.25, -0.2) is 8.78 Å². The van der Waals surface area contributed by atoms with E-state index in [1.165, 1.54) is 6.92 Å². The zero-order chi connectivity index (χ0) is 14.0. The summed E-state index contributed by atoms with van der Waals surface area (Å²) in [6, 6.07) is 8.90. The van der Waals surface area contributed by atoms with Crippen LogP contribution in [0.5, 0.6) is 0 Å². The number of benzene rings is 1. The molecule has 0 bridgehead atoms. The normalized spacial score (nSPS) is 34.2. The molecule has 19 heavy (non-hydrogen) atoms. The third kappa shape index (κ3) is 2.94. The molecule has 0 aromatic heterocycles. The fourth-order valence-corrected chi connectivity index (χ4v) is 2.34. The molecule has 0 amide bonds. The van der Waals surface area contributed by atoms with Crippen LogP contribution < -0.4 is 0 Å². The highest BCUT2D eigenvalue weighted by atomic mass is 19.3. The van der Waals surface area contributed by atoms with E-state index in [2.05, 4.69) is 0 Å². The molecule has 0 radical (unpaired) electrons. The van der Waals surface area contributed by atoms with Gasteiger partial charge in [-0.1, -0.05) is 37.3 Å². The molecule has 1 fully saturated rings. The van der Waals surface area contributed by atoms with Crippen LogP contribution in [0, 0.1) is 5.92 Å². The van der Waals surface area contributed by atoms with Gasteiger partial charge in [0.2, 0.25) is 0 Å². The lowest BCUT2D eigenvalue weighted by molar-refractivity contribution is -0.249. The standard InChI is InChI=1S/C14H18F2O3/c1-9-7-11(17)12(18)13(14(9,15)16)19-8-10-5-3-2-4-6-10/h2-6,9,11-13,17-18H,7-8H2,1H3/t9-,11+,12+,13-/m0/s1. The van der Waals surface area contributed by atoms with Crippen LogP contribution in [-0.4, -0.2) is 34.4 Å². The Morgan fingerprint density at radius 3 is 2.53 bits per heavy atom. The highest BCUT2D eigenvalue weighted by Crippen LogP contribution is 2.40. The minimum absolute atomic E-state index is 0.0163. The molecule has 5 heteroatoms. The Balaban J connectivity index is 2.07. The van der Waals surface area contributed by atoms with Gasteiger partial charge in [0.1, 0.15) is 12.2 Å². The van der Waals surface area contributed by atoms with Crippen molar-refractivity contribution in [1.29, 1.82) is 0 Å². The molecule has 0 heterocycles. The molecule has 3 nitrogen and oxygen atoms in total. The highest BCUT2D eigenvalue weighted by molar-refractivity contribution is 5.13. The Morgan fingerprint density at radius 2 is 1.89 bits per heavy atom. The molecule has 0 saturated heterocycles. The summed E-state index contributed by atoms with van der Waals surface area (Å²) >= 11 is 0. The van der Waals surface area contributed by atoms with Crippen LogP contribution >= 0.6 is 0 Å². The largest absolute Gasteiger partial charge is 0.390 e. The van der Waals surface area contributed by atoms with E-state index in [1.54, 1.807) is 24.3 Å². The highest BCUT2D eigenvalue weighted by Gasteiger charge is 2.55. The number of rotatable bonds is 3. The topological polar surface area (TPSA) is 49.7 Å². The lowest BCUT2D eigenvalue weighted by Crippen LogP contribution is -2.58. The minimum Gasteiger partial charge on any atom is -0.390 e. The lowest BCUT2D eigenvalue weighted by atomic mass is 9.81. The van der Waals surface area contributed by atoms with E-state index >= 15 is 0 Å². The molecule has 106 valence electrons. The van der Waals surface area contributed by atoms with Crippen molar-refractivity contribution in [2.24, 2.45) is 5.92 Å². The molecule has 0 spiro atoms. The van der Waals surface area contributed by atoms with Crippen LogP contribution in [0.2, 0.25) is 0 Å². The fraction of sp³-hybridized carbons (Fsp3) is 0.571. The zero-order valence-corrected chi connectivity index (χ0v) is 10.7. The van der Waals surface area contributed by atoms with Gasteiger partial charge in [0.25, 0.3) is 5.92 Å². The van der Waals surface area contributed by atoms with Gasteiger partial charge in [0.05, 0.1) is 12.7 Å². The molecule has 1 aromatic carbocycles. The van der Waals surface area contributed by atoms with Crippen molar-refractivity contribution in [2.75, 3.05) is 0 Å². The van der Waals surface area contributed by atoms with E-state index in [0.29, 0.717) is 0 Å². The summed E-state index contributed by atoms with van der Waals surface area (Å²) in [6.45, 7) is 1.34. The Bertz CT molecular complexity index is 410. The van der Waals surface area contributed by atoms with Crippen LogP contribution in [-0.2, 0) is 11.3 Å². The summed E-state index contributed by atoms with van der Waals surface area (Å²) in [7, 11) is 0. The van der Waals surface area contributed by atoms with Crippen molar-refractivity contribution >= 4 is 0 Å². The summed E-state index contributed by atoms with van der Waals surface area (Å²) in [5.74, 6) is -4.17. The first-order valence-corrected chi connectivity index (χ1v) is 6.32. The summed E-state index contributed by atoms with van der Waals surface area (Å²) < 4.78 is 33.2. The van der Waals surface area contributed by atoms with Crippen molar-refractivity contribution < 1.29 is 23.7 Å².